The number of rotatable bonds is 5. The molecule has 1 aliphatic heterocycles. The molecule has 2 aromatic rings. The van der Waals surface area contributed by atoms with E-state index in [9.17, 15) is 4.79 Å². The number of nitrogens with two attached hydrogens (primary N) is 1. The molecule has 1 amide bonds. The van der Waals surface area contributed by atoms with Crippen LogP contribution in [0.15, 0.2) is 35.7 Å². The van der Waals surface area contributed by atoms with Gasteiger partial charge in [-0.05, 0) is 55.3 Å². The first-order chi connectivity index (χ1) is 11.2. The second kappa shape index (κ2) is 7.04. The molecular formula is C18H23N3OS. The number of nitrogen functional groups attached to an aromatic ring is 1. The van der Waals surface area contributed by atoms with Gasteiger partial charge in [-0.2, -0.15) is 0 Å². The molecule has 5 heteroatoms. The molecule has 1 atom stereocenters. The summed E-state index contributed by atoms with van der Waals surface area (Å²) >= 11 is 1.73. The minimum Gasteiger partial charge on any atom is -0.398 e. The Bertz CT molecular complexity index is 669. The van der Waals surface area contributed by atoms with Crippen molar-refractivity contribution in [2.75, 3.05) is 23.7 Å². The van der Waals surface area contributed by atoms with Gasteiger partial charge in [0, 0.05) is 29.3 Å². The fourth-order valence-electron chi connectivity index (χ4n) is 3.14. The third kappa shape index (κ3) is 3.50. The molecule has 0 saturated heterocycles. The number of thiophene rings is 1. The maximum Gasteiger partial charge on any atom is 0.242 e. The van der Waals surface area contributed by atoms with E-state index < -0.39 is 0 Å². The number of fused-ring (bicyclic) bond motifs is 1. The number of hydrogen-bond donors (Lipinski definition) is 2. The van der Waals surface area contributed by atoms with Crippen LogP contribution < -0.4 is 16.0 Å². The third-order valence-electron chi connectivity index (χ3n) is 4.42. The molecule has 0 radical (unpaired) electrons. The molecule has 122 valence electrons. The van der Waals surface area contributed by atoms with Crippen molar-refractivity contribution in [2.24, 2.45) is 0 Å². The number of nitrogens with one attached hydrogen (secondary N) is 1. The van der Waals surface area contributed by atoms with Crippen LogP contribution in [0.5, 0.6) is 0 Å². The maximum absolute atomic E-state index is 12.5. The van der Waals surface area contributed by atoms with Crippen molar-refractivity contribution in [3.8, 4) is 0 Å². The number of carbonyl (C=O) groups excluding carboxylic acids is 1. The van der Waals surface area contributed by atoms with Gasteiger partial charge in [-0.25, -0.2) is 0 Å². The Balaban J connectivity index is 1.63. The summed E-state index contributed by atoms with van der Waals surface area (Å²) in [6.07, 6.45) is 2.92. The lowest BCUT2D eigenvalue weighted by molar-refractivity contribution is -0.122. The SMILES string of the molecule is CC(C(=O)NCCc1cccs1)N1CCCc2c(N)cccc21. The van der Waals surface area contributed by atoms with Crippen LogP contribution >= 0.6 is 11.3 Å². The zero-order valence-corrected chi connectivity index (χ0v) is 14.2. The number of benzene rings is 1. The summed E-state index contributed by atoms with van der Waals surface area (Å²) in [6.45, 7) is 3.55. The van der Waals surface area contributed by atoms with Crippen LogP contribution in [0.1, 0.15) is 23.8 Å². The molecule has 1 aromatic carbocycles. The summed E-state index contributed by atoms with van der Waals surface area (Å²) < 4.78 is 0. The first kappa shape index (κ1) is 15.9. The van der Waals surface area contributed by atoms with Crippen LogP contribution in [0, 0.1) is 0 Å². The van der Waals surface area contributed by atoms with Gasteiger partial charge in [-0.3, -0.25) is 4.79 Å². The Morgan fingerprint density at radius 2 is 2.26 bits per heavy atom. The fraction of sp³-hybridized carbons (Fsp3) is 0.389. The standard InChI is InChI=1S/C18H23N3OS/c1-13(18(22)20-10-9-14-5-4-12-23-14)21-11-3-6-15-16(19)7-2-8-17(15)21/h2,4-5,7-8,12-13H,3,6,9-11,19H2,1H3,(H,20,22). The van der Waals surface area contributed by atoms with E-state index in [4.69, 9.17) is 5.73 Å². The summed E-state index contributed by atoms with van der Waals surface area (Å²) in [5.74, 6) is 0.0804. The second-order valence-electron chi connectivity index (χ2n) is 5.94. The lowest BCUT2D eigenvalue weighted by atomic mass is 9.98. The summed E-state index contributed by atoms with van der Waals surface area (Å²) in [7, 11) is 0. The molecular weight excluding hydrogens is 306 g/mol. The van der Waals surface area contributed by atoms with Gasteiger partial charge in [-0.15, -0.1) is 11.3 Å². The van der Waals surface area contributed by atoms with Crippen molar-refractivity contribution in [1.82, 2.24) is 5.32 Å². The molecule has 23 heavy (non-hydrogen) atoms. The lowest BCUT2D eigenvalue weighted by Crippen LogP contribution is -2.47. The van der Waals surface area contributed by atoms with E-state index in [1.807, 2.05) is 25.1 Å². The molecule has 2 heterocycles. The molecule has 3 N–H and O–H groups in total. The van der Waals surface area contributed by atoms with Crippen LogP contribution in [0.4, 0.5) is 11.4 Å². The number of anilines is 2. The molecule has 4 nitrogen and oxygen atoms in total. The first-order valence-corrected chi connectivity index (χ1v) is 8.99. The zero-order valence-electron chi connectivity index (χ0n) is 13.4. The lowest BCUT2D eigenvalue weighted by Gasteiger charge is -2.36. The van der Waals surface area contributed by atoms with Crippen molar-refractivity contribution in [1.29, 1.82) is 0 Å². The van der Waals surface area contributed by atoms with Crippen molar-refractivity contribution in [2.45, 2.75) is 32.2 Å². The van der Waals surface area contributed by atoms with Crippen molar-refractivity contribution < 1.29 is 4.79 Å². The second-order valence-corrected chi connectivity index (χ2v) is 6.97. The van der Waals surface area contributed by atoms with E-state index in [-0.39, 0.29) is 11.9 Å². The summed E-state index contributed by atoms with van der Waals surface area (Å²) in [6, 6.07) is 9.94. The Morgan fingerprint density at radius 1 is 1.39 bits per heavy atom. The highest BCUT2D eigenvalue weighted by Gasteiger charge is 2.26. The van der Waals surface area contributed by atoms with Gasteiger partial charge in [0.25, 0.3) is 0 Å². The molecule has 0 bridgehead atoms. The van der Waals surface area contributed by atoms with E-state index in [1.54, 1.807) is 11.3 Å². The van der Waals surface area contributed by atoms with Crippen LogP contribution in [0.3, 0.4) is 0 Å². The predicted octanol–water partition coefficient (Wildman–Crippen LogP) is 2.83. The molecule has 0 spiro atoms. The highest BCUT2D eigenvalue weighted by Crippen LogP contribution is 2.32. The van der Waals surface area contributed by atoms with E-state index in [0.717, 1.165) is 37.2 Å². The largest absolute Gasteiger partial charge is 0.398 e. The zero-order chi connectivity index (χ0) is 16.2. The number of nitrogens with zero attached hydrogens (tertiary/aromatic N) is 1. The minimum atomic E-state index is -0.181. The van der Waals surface area contributed by atoms with Gasteiger partial charge in [0.15, 0.2) is 0 Å². The Labute approximate surface area is 141 Å². The van der Waals surface area contributed by atoms with Crippen molar-refractivity contribution >= 4 is 28.6 Å². The Morgan fingerprint density at radius 3 is 3.04 bits per heavy atom. The predicted molar refractivity (Wildman–Crippen MR) is 97.0 cm³/mol. The topological polar surface area (TPSA) is 58.4 Å². The molecule has 1 aliphatic rings. The molecule has 1 aromatic heterocycles. The average molecular weight is 329 g/mol. The number of amides is 1. The van der Waals surface area contributed by atoms with Gasteiger partial charge in [0.2, 0.25) is 5.91 Å². The number of carbonyl (C=O) groups is 1. The highest BCUT2D eigenvalue weighted by molar-refractivity contribution is 7.09. The van der Waals surface area contributed by atoms with Gasteiger partial charge in [-0.1, -0.05) is 12.1 Å². The van der Waals surface area contributed by atoms with Crippen molar-refractivity contribution in [3.05, 3.63) is 46.2 Å². The quantitative estimate of drug-likeness (QED) is 0.829. The summed E-state index contributed by atoms with van der Waals surface area (Å²) in [4.78, 5) is 16.0. The van der Waals surface area contributed by atoms with Gasteiger partial charge < -0.3 is 16.0 Å². The monoisotopic (exact) mass is 329 g/mol. The Kier molecular flexibility index (Phi) is 4.86. The highest BCUT2D eigenvalue weighted by atomic mass is 32.1. The Hall–Kier alpha value is -2.01. The van der Waals surface area contributed by atoms with E-state index in [2.05, 4.69) is 27.7 Å². The van der Waals surface area contributed by atoms with Crippen molar-refractivity contribution in [3.63, 3.8) is 0 Å². The van der Waals surface area contributed by atoms with E-state index in [0.29, 0.717) is 6.54 Å². The maximum atomic E-state index is 12.5. The molecule has 1 unspecified atom stereocenters. The van der Waals surface area contributed by atoms with E-state index >= 15 is 0 Å². The average Bonchev–Trinajstić information content (AvgIpc) is 3.07. The smallest absolute Gasteiger partial charge is 0.242 e. The third-order valence-corrected chi connectivity index (χ3v) is 5.36. The normalized spacial score (nSPS) is 15.1. The van der Waals surface area contributed by atoms with Gasteiger partial charge in [0.1, 0.15) is 6.04 Å². The van der Waals surface area contributed by atoms with Crippen LogP contribution in [-0.2, 0) is 17.6 Å². The molecule has 0 aliphatic carbocycles. The van der Waals surface area contributed by atoms with Gasteiger partial charge >= 0.3 is 0 Å². The summed E-state index contributed by atoms with van der Waals surface area (Å²) in [5.41, 5.74) is 9.21. The number of hydrogen-bond acceptors (Lipinski definition) is 4. The molecule has 0 saturated carbocycles. The first-order valence-electron chi connectivity index (χ1n) is 8.11. The van der Waals surface area contributed by atoms with Crippen LogP contribution in [0.2, 0.25) is 0 Å². The minimum absolute atomic E-state index is 0.0804. The van der Waals surface area contributed by atoms with Crippen LogP contribution in [0.25, 0.3) is 0 Å². The molecule has 3 rings (SSSR count). The van der Waals surface area contributed by atoms with Gasteiger partial charge in [0.05, 0.1) is 0 Å². The van der Waals surface area contributed by atoms with E-state index in [1.165, 1.54) is 10.4 Å². The van der Waals surface area contributed by atoms with Crippen LogP contribution in [-0.4, -0.2) is 25.0 Å². The summed E-state index contributed by atoms with van der Waals surface area (Å²) in [5, 5.41) is 5.12. The molecule has 0 fully saturated rings. The fourth-order valence-corrected chi connectivity index (χ4v) is 3.84.